The minimum absolute atomic E-state index is 0.0527. The highest BCUT2D eigenvalue weighted by molar-refractivity contribution is 6.31. The Labute approximate surface area is 183 Å². The van der Waals surface area contributed by atoms with E-state index in [1.54, 1.807) is 18.5 Å². The molecule has 0 bridgehead atoms. The molecule has 0 amide bonds. The highest BCUT2D eigenvalue weighted by atomic mass is 35.5. The van der Waals surface area contributed by atoms with Gasteiger partial charge in [-0.1, -0.05) is 24.6 Å². The van der Waals surface area contributed by atoms with Gasteiger partial charge in [-0.25, -0.2) is 14.4 Å². The van der Waals surface area contributed by atoms with Crippen molar-refractivity contribution in [1.82, 2.24) is 15.0 Å². The second-order valence-corrected chi connectivity index (χ2v) is 7.87. The van der Waals surface area contributed by atoms with Crippen LogP contribution in [0.5, 0.6) is 0 Å². The number of Topliss-reactive ketones (excluding diaryl/α,β-unsaturated/α-hetero) is 1. The molecule has 1 aliphatic heterocycles. The van der Waals surface area contributed by atoms with Crippen molar-refractivity contribution in [2.24, 2.45) is 0 Å². The molecule has 0 N–H and O–H groups in total. The molecule has 0 spiro atoms. The van der Waals surface area contributed by atoms with E-state index in [0.717, 1.165) is 39.1 Å². The van der Waals surface area contributed by atoms with Crippen LogP contribution in [0.3, 0.4) is 0 Å². The van der Waals surface area contributed by atoms with Crippen LogP contribution >= 0.6 is 11.6 Å². The lowest BCUT2D eigenvalue weighted by molar-refractivity contribution is 0.0988. The van der Waals surface area contributed by atoms with Gasteiger partial charge >= 0.3 is 0 Å². The summed E-state index contributed by atoms with van der Waals surface area (Å²) >= 11 is 6.05. The lowest BCUT2D eigenvalue weighted by Crippen LogP contribution is -2.15. The van der Waals surface area contributed by atoms with E-state index in [1.807, 2.05) is 36.1 Å². The number of carbonyl (C=O) groups is 1. The first-order valence-corrected chi connectivity index (χ1v) is 10.4. The first-order valence-electron chi connectivity index (χ1n) is 10.0. The molecule has 0 saturated carbocycles. The van der Waals surface area contributed by atoms with Gasteiger partial charge in [0, 0.05) is 47.6 Å². The first-order chi connectivity index (χ1) is 15.0. The lowest BCUT2D eigenvalue weighted by Gasteiger charge is -2.20. The smallest absolute Gasteiger partial charge is 0.164 e. The highest BCUT2D eigenvalue weighted by Crippen LogP contribution is 2.39. The maximum Gasteiger partial charge on any atom is 0.164 e. The molecular weight excluding hydrogens is 415 g/mol. The molecule has 2 aromatic heterocycles. The van der Waals surface area contributed by atoms with Crippen LogP contribution in [-0.2, 0) is 6.42 Å². The van der Waals surface area contributed by atoms with Crippen molar-refractivity contribution < 1.29 is 9.18 Å². The number of anilines is 2. The molecule has 2 aromatic carbocycles. The van der Waals surface area contributed by atoms with Crippen molar-refractivity contribution in [2.75, 3.05) is 11.4 Å². The Morgan fingerprint density at radius 1 is 1.13 bits per heavy atom. The van der Waals surface area contributed by atoms with Crippen molar-refractivity contribution in [3.8, 4) is 11.1 Å². The van der Waals surface area contributed by atoms with Crippen LogP contribution in [-0.4, -0.2) is 27.3 Å². The number of fused-ring (bicyclic) bond motifs is 2. The van der Waals surface area contributed by atoms with Gasteiger partial charge in [0.25, 0.3) is 0 Å². The van der Waals surface area contributed by atoms with Gasteiger partial charge < -0.3 is 4.90 Å². The Hall–Kier alpha value is -3.38. The third kappa shape index (κ3) is 3.43. The molecule has 0 unspecified atom stereocenters. The Morgan fingerprint density at radius 2 is 2.00 bits per heavy atom. The molecule has 0 fully saturated rings. The van der Waals surface area contributed by atoms with Gasteiger partial charge in [-0.2, -0.15) is 0 Å². The van der Waals surface area contributed by atoms with E-state index in [4.69, 9.17) is 11.6 Å². The van der Waals surface area contributed by atoms with Gasteiger partial charge in [0.1, 0.15) is 18.0 Å². The average molecular weight is 433 g/mol. The van der Waals surface area contributed by atoms with Crippen molar-refractivity contribution in [3.05, 3.63) is 77.1 Å². The van der Waals surface area contributed by atoms with E-state index in [2.05, 4.69) is 15.0 Å². The normalized spacial score (nSPS) is 12.9. The van der Waals surface area contributed by atoms with E-state index in [1.165, 1.54) is 12.4 Å². The first kappa shape index (κ1) is 19.6. The summed E-state index contributed by atoms with van der Waals surface area (Å²) < 4.78 is 13.9. The largest absolute Gasteiger partial charge is 0.325 e. The van der Waals surface area contributed by atoms with Crippen LogP contribution in [0, 0.1) is 5.82 Å². The third-order valence-corrected chi connectivity index (χ3v) is 5.89. The molecule has 7 heteroatoms. The highest BCUT2D eigenvalue weighted by Gasteiger charge is 2.25. The van der Waals surface area contributed by atoms with E-state index >= 15 is 0 Å². The van der Waals surface area contributed by atoms with Gasteiger partial charge in [0.2, 0.25) is 0 Å². The predicted octanol–water partition coefficient (Wildman–Crippen LogP) is 5.77. The summed E-state index contributed by atoms with van der Waals surface area (Å²) in [4.78, 5) is 27.3. The molecule has 1 aliphatic rings. The molecule has 0 radical (unpaired) electrons. The molecule has 5 nitrogen and oxygen atoms in total. The summed E-state index contributed by atoms with van der Waals surface area (Å²) in [5.74, 6) is 0.380. The number of aromatic nitrogens is 3. The quantitative estimate of drug-likeness (QED) is 0.383. The molecule has 154 valence electrons. The zero-order valence-electron chi connectivity index (χ0n) is 16.8. The fraction of sp³-hybridized carbons (Fsp3) is 0.167. The molecule has 0 aliphatic carbocycles. The van der Waals surface area contributed by atoms with Crippen molar-refractivity contribution in [3.63, 3.8) is 0 Å². The Balaban J connectivity index is 1.63. The van der Waals surface area contributed by atoms with Crippen LogP contribution in [0.2, 0.25) is 5.02 Å². The van der Waals surface area contributed by atoms with Gasteiger partial charge in [-0.3, -0.25) is 9.78 Å². The van der Waals surface area contributed by atoms with Crippen LogP contribution in [0.4, 0.5) is 15.9 Å². The molecular formula is C24H18ClFN4O. The van der Waals surface area contributed by atoms with Gasteiger partial charge in [0.05, 0.1) is 10.5 Å². The van der Waals surface area contributed by atoms with Crippen LogP contribution in [0.15, 0.2) is 55.1 Å². The molecule has 31 heavy (non-hydrogen) atoms. The summed E-state index contributed by atoms with van der Waals surface area (Å²) in [6.45, 7) is 2.51. The number of carbonyl (C=O) groups excluding carboxylic acids is 1. The summed E-state index contributed by atoms with van der Waals surface area (Å²) in [7, 11) is 0. The second kappa shape index (κ2) is 7.71. The number of ketones is 1. The number of nitrogens with zero attached hydrogens (tertiary/aromatic N) is 4. The molecule has 4 aromatic rings. The van der Waals surface area contributed by atoms with Gasteiger partial charge in [-0.05, 0) is 47.9 Å². The fourth-order valence-electron chi connectivity index (χ4n) is 3.99. The topological polar surface area (TPSA) is 59.0 Å². The summed E-state index contributed by atoms with van der Waals surface area (Å²) in [6.07, 6.45) is 6.00. The number of halogens is 2. The zero-order valence-corrected chi connectivity index (χ0v) is 17.5. The number of rotatable bonds is 4. The minimum atomic E-state index is -0.411. The second-order valence-electron chi connectivity index (χ2n) is 7.46. The zero-order chi connectivity index (χ0) is 21.5. The Bertz CT molecular complexity index is 1340. The van der Waals surface area contributed by atoms with Crippen LogP contribution < -0.4 is 4.90 Å². The van der Waals surface area contributed by atoms with Crippen LogP contribution in [0.25, 0.3) is 22.0 Å². The van der Waals surface area contributed by atoms with Crippen molar-refractivity contribution >= 4 is 39.8 Å². The molecule has 0 saturated heterocycles. The number of hydrogen-bond donors (Lipinski definition) is 0. The molecule has 0 atom stereocenters. The maximum absolute atomic E-state index is 13.9. The van der Waals surface area contributed by atoms with E-state index < -0.39 is 5.82 Å². The van der Waals surface area contributed by atoms with Crippen LogP contribution in [0.1, 0.15) is 29.3 Å². The summed E-state index contributed by atoms with van der Waals surface area (Å²) in [5, 5.41) is 0.952. The Morgan fingerprint density at radius 3 is 2.84 bits per heavy atom. The fourth-order valence-corrected chi connectivity index (χ4v) is 4.15. The van der Waals surface area contributed by atoms with E-state index in [0.29, 0.717) is 24.9 Å². The number of hydrogen-bond acceptors (Lipinski definition) is 5. The third-order valence-electron chi connectivity index (χ3n) is 5.60. The SMILES string of the molecule is CCC(=O)c1cncc(-c2ccc3ncnc(N4CCc5cc(F)c(Cl)cc54)c3c2)c1. The minimum Gasteiger partial charge on any atom is -0.325 e. The van der Waals surface area contributed by atoms with Crippen molar-refractivity contribution in [1.29, 1.82) is 0 Å². The molecule has 5 rings (SSSR count). The predicted molar refractivity (Wildman–Crippen MR) is 120 cm³/mol. The van der Waals surface area contributed by atoms with Gasteiger partial charge in [0.15, 0.2) is 5.78 Å². The number of benzene rings is 2. The monoisotopic (exact) mass is 432 g/mol. The summed E-state index contributed by atoms with van der Waals surface area (Å²) in [5.41, 5.74) is 4.91. The van der Waals surface area contributed by atoms with Crippen molar-refractivity contribution in [2.45, 2.75) is 19.8 Å². The maximum atomic E-state index is 13.9. The van der Waals surface area contributed by atoms with E-state index in [-0.39, 0.29) is 10.8 Å². The standard InChI is InChI=1S/C24H18ClFN4O/c1-2-23(31)17-7-16(11-27-12-17)14-3-4-21-18(8-14)24(29-13-28-21)30-6-5-15-9-20(26)19(25)10-22(15)30/h3-4,7-13H,2,5-6H2,1H3. The number of pyridine rings is 1. The average Bonchev–Trinajstić information content (AvgIpc) is 3.20. The lowest BCUT2D eigenvalue weighted by atomic mass is 10.0. The Kier molecular flexibility index (Phi) is 4.87. The van der Waals surface area contributed by atoms with E-state index in [9.17, 15) is 9.18 Å². The summed E-state index contributed by atoms with van der Waals surface area (Å²) in [6, 6.07) is 10.9. The van der Waals surface area contributed by atoms with Gasteiger partial charge in [-0.15, -0.1) is 0 Å². The molecule has 3 heterocycles.